The number of rotatable bonds is 6. The number of carbonyl (C=O) groups is 1. The van der Waals surface area contributed by atoms with Gasteiger partial charge in [0.1, 0.15) is 6.61 Å². The highest BCUT2D eigenvalue weighted by Crippen LogP contribution is 2.31. The number of carbonyl (C=O) groups excluding carboxylic acids is 1. The molecule has 0 aliphatic rings. The fourth-order valence-electron chi connectivity index (χ4n) is 2.01. The molecule has 0 radical (unpaired) electrons. The smallest absolute Gasteiger partial charge is 0.370 e. The highest BCUT2D eigenvalue weighted by atomic mass is 32.1. The number of thiophene rings is 1. The summed E-state index contributed by atoms with van der Waals surface area (Å²) >= 11 is 1.55. The van der Waals surface area contributed by atoms with Gasteiger partial charge in [0.05, 0.1) is 18.3 Å². The maximum Gasteiger partial charge on any atom is 0.411 e. The molecule has 0 aliphatic carbocycles. The van der Waals surface area contributed by atoms with E-state index in [2.05, 4.69) is 15.4 Å². The Hall–Kier alpha value is -2.06. The Morgan fingerprint density at radius 1 is 1.25 bits per heavy atom. The van der Waals surface area contributed by atoms with E-state index in [1.165, 1.54) is 0 Å². The molecule has 0 saturated carbocycles. The van der Waals surface area contributed by atoms with E-state index in [-0.39, 0.29) is 6.61 Å². The van der Waals surface area contributed by atoms with E-state index < -0.39 is 24.9 Å². The lowest BCUT2D eigenvalue weighted by Crippen LogP contribution is -2.39. The predicted octanol–water partition coefficient (Wildman–Crippen LogP) is 4.50. The van der Waals surface area contributed by atoms with Crippen LogP contribution in [0, 0.1) is 0 Å². The monoisotopic (exact) mass is 358 g/mol. The Balaban J connectivity index is 1.89. The van der Waals surface area contributed by atoms with Gasteiger partial charge in [0.25, 0.3) is 0 Å². The molecule has 0 saturated heterocycles. The molecule has 1 atom stereocenters. The van der Waals surface area contributed by atoms with Crippen molar-refractivity contribution in [2.24, 2.45) is 0 Å². The molecule has 0 aliphatic heterocycles. The molecule has 0 bridgehead atoms. The van der Waals surface area contributed by atoms with Crippen LogP contribution in [0.2, 0.25) is 0 Å². The van der Waals surface area contributed by atoms with E-state index in [9.17, 15) is 18.0 Å². The second kappa shape index (κ2) is 8.16. The summed E-state index contributed by atoms with van der Waals surface area (Å²) in [6.07, 6.45) is -4.37. The fraction of sp³-hybridized carbons (Fsp3) is 0.312. The number of alkyl halides is 3. The number of anilines is 1. The molecule has 1 aromatic heterocycles. The van der Waals surface area contributed by atoms with Gasteiger partial charge in [-0.3, -0.25) is 0 Å². The topological polar surface area (TPSA) is 50.4 Å². The Morgan fingerprint density at radius 2 is 2.00 bits per heavy atom. The average molecular weight is 358 g/mol. The second-order valence-corrected chi connectivity index (χ2v) is 6.10. The molecular weight excluding hydrogens is 341 g/mol. The van der Waals surface area contributed by atoms with Gasteiger partial charge < -0.3 is 15.4 Å². The van der Waals surface area contributed by atoms with Crippen LogP contribution in [0.5, 0.6) is 0 Å². The molecule has 2 N–H and O–H groups in total. The number of amides is 2. The van der Waals surface area contributed by atoms with Crippen LogP contribution >= 0.6 is 11.3 Å². The maximum atomic E-state index is 12.0. The zero-order valence-electron chi connectivity index (χ0n) is 12.9. The fourth-order valence-corrected chi connectivity index (χ4v) is 2.78. The SMILES string of the molecule is CC(COCC(F)(F)F)NC(=O)Nc1ccccc1-c1cccs1. The number of benzene rings is 1. The number of hydrogen-bond donors (Lipinski definition) is 2. The van der Waals surface area contributed by atoms with Crippen molar-refractivity contribution in [1.82, 2.24) is 5.32 Å². The first-order chi connectivity index (χ1) is 11.3. The lowest BCUT2D eigenvalue weighted by atomic mass is 10.1. The first-order valence-electron chi connectivity index (χ1n) is 7.20. The molecule has 24 heavy (non-hydrogen) atoms. The van der Waals surface area contributed by atoms with Crippen LogP contribution in [0.15, 0.2) is 41.8 Å². The van der Waals surface area contributed by atoms with E-state index in [0.29, 0.717) is 5.69 Å². The summed E-state index contributed by atoms with van der Waals surface area (Å²) in [5.41, 5.74) is 1.50. The van der Waals surface area contributed by atoms with Gasteiger partial charge >= 0.3 is 12.2 Å². The summed E-state index contributed by atoms with van der Waals surface area (Å²) in [6.45, 7) is 0.0163. The minimum Gasteiger partial charge on any atom is -0.370 e. The predicted molar refractivity (Wildman–Crippen MR) is 88.2 cm³/mol. The van der Waals surface area contributed by atoms with Gasteiger partial charge in [-0.05, 0) is 24.4 Å². The van der Waals surface area contributed by atoms with E-state index in [1.54, 1.807) is 30.4 Å². The van der Waals surface area contributed by atoms with Crippen molar-refractivity contribution in [2.75, 3.05) is 18.5 Å². The van der Waals surface area contributed by atoms with Crippen LogP contribution < -0.4 is 10.6 Å². The summed E-state index contributed by atoms with van der Waals surface area (Å²) < 4.78 is 40.6. The third-order valence-electron chi connectivity index (χ3n) is 2.97. The van der Waals surface area contributed by atoms with Gasteiger partial charge in [0, 0.05) is 10.4 Å². The minimum atomic E-state index is -4.37. The van der Waals surface area contributed by atoms with Gasteiger partial charge in [0.2, 0.25) is 0 Å². The number of urea groups is 1. The van der Waals surface area contributed by atoms with Crippen LogP contribution in [0.4, 0.5) is 23.7 Å². The minimum absolute atomic E-state index is 0.223. The summed E-state index contributed by atoms with van der Waals surface area (Å²) in [4.78, 5) is 13.0. The van der Waals surface area contributed by atoms with Crippen molar-refractivity contribution in [2.45, 2.75) is 19.1 Å². The Bertz CT molecular complexity index is 660. The second-order valence-electron chi connectivity index (χ2n) is 5.15. The van der Waals surface area contributed by atoms with E-state index in [4.69, 9.17) is 0 Å². The first kappa shape index (κ1) is 18.3. The van der Waals surface area contributed by atoms with Crippen molar-refractivity contribution < 1.29 is 22.7 Å². The van der Waals surface area contributed by atoms with Gasteiger partial charge in [-0.25, -0.2) is 4.79 Å². The normalized spacial score (nSPS) is 12.7. The molecule has 8 heteroatoms. The molecule has 2 aromatic rings. The largest absolute Gasteiger partial charge is 0.411 e. The zero-order valence-corrected chi connectivity index (χ0v) is 13.7. The van der Waals surface area contributed by atoms with Crippen LogP contribution in [0.25, 0.3) is 10.4 Å². The molecule has 130 valence electrons. The highest BCUT2D eigenvalue weighted by molar-refractivity contribution is 7.13. The van der Waals surface area contributed by atoms with Gasteiger partial charge in [-0.2, -0.15) is 13.2 Å². The molecule has 0 fully saturated rings. The van der Waals surface area contributed by atoms with Crippen LogP contribution in [-0.4, -0.2) is 31.5 Å². The van der Waals surface area contributed by atoms with Crippen molar-refractivity contribution in [1.29, 1.82) is 0 Å². The summed E-state index contributed by atoms with van der Waals surface area (Å²) in [5, 5.41) is 7.20. The molecule has 2 rings (SSSR count). The zero-order chi connectivity index (χ0) is 17.6. The van der Waals surface area contributed by atoms with Crippen molar-refractivity contribution >= 4 is 23.1 Å². The maximum absolute atomic E-state index is 12.0. The molecule has 1 heterocycles. The number of nitrogens with one attached hydrogen (secondary N) is 2. The van der Waals surface area contributed by atoms with Gasteiger partial charge in [-0.1, -0.05) is 24.3 Å². The quantitative estimate of drug-likeness (QED) is 0.799. The number of hydrogen-bond acceptors (Lipinski definition) is 3. The number of ether oxygens (including phenoxy) is 1. The molecule has 2 amide bonds. The first-order valence-corrected chi connectivity index (χ1v) is 8.08. The van der Waals surface area contributed by atoms with Crippen LogP contribution in [0.3, 0.4) is 0 Å². The molecule has 1 aromatic carbocycles. The van der Waals surface area contributed by atoms with Gasteiger partial charge in [-0.15, -0.1) is 11.3 Å². The van der Waals surface area contributed by atoms with Gasteiger partial charge in [0.15, 0.2) is 0 Å². The van der Waals surface area contributed by atoms with Crippen molar-refractivity contribution in [3.05, 3.63) is 41.8 Å². The molecular formula is C16H17F3N2O2S. The van der Waals surface area contributed by atoms with Crippen molar-refractivity contribution in [3.63, 3.8) is 0 Å². The Labute approximate surface area is 141 Å². The summed E-state index contributed by atoms with van der Waals surface area (Å²) in [5.74, 6) is 0. The molecule has 1 unspecified atom stereocenters. The Morgan fingerprint density at radius 3 is 2.67 bits per heavy atom. The summed E-state index contributed by atoms with van der Waals surface area (Å²) in [6, 6.07) is 10.1. The standard InChI is InChI=1S/C16H17F3N2O2S/c1-11(9-23-10-16(17,18)19)20-15(22)21-13-6-3-2-5-12(13)14-7-4-8-24-14/h2-8,11H,9-10H2,1H3,(H2,20,21,22). The Kier molecular flexibility index (Phi) is 6.22. The van der Waals surface area contributed by atoms with Crippen LogP contribution in [0.1, 0.15) is 6.92 Å². The van der Waals surface area contributed by atoms with E-state index >= 15 is 0 Å². The van der Waals surface area contributed by atoms with Crippen molar-refractivity contribution in [3.8, 4) is 10.4 Å². The molecule has 4 nitrogen and oxygen atoms in total. The highest BCUT2D eigenvalue weighted by Gasteiger charge is 2.27. The number of para-hydroxylation sites is 1. The third kappa shape index (κ3) is 5.86. The van der Waals surface area contributed by atoms with E-state index in [0.717, 1.165) is 10.4 Å². The lowest BCUT2D eigenvalue weighted by molar-refractivity contribution is -0.174. The average Bonchev–Trinajstić information content (AvgIpc) is 3.00. The summed E-state index contributed by atoms with van der Waals surface area (Å²) in [7, 11) is 0. The van der Waals surface area contributed by atoms with E-state index in [1.807, 2.05) is 29.6 Å². The van der Waals surface area contributed by atoms with Crippen LogP contribution in [-0.2, 0) is 4.74 Å². The lowest BCUT2D eigenvalue weighted by Gasteiger charge is -2.16. The third-order valence-corrected chi connectivity index (χ3v) is 3.88. The molecule has 0 spiro atoms. The number of halogens is 3.